The van der Waals surface area contributed by atoms with E-state index in [1.807, 2.05) is 36.4 Å². The maximum absolute atomic E-state index is 13.6. The fourth-order valence-electron chi connectivity index (χ4n) is 5.00. The van der Waals surface area contributed by atoms with E-state index in [1.54, 1.807) is 36.7 Å². The molecule has 1 fully saturated rings. The maximum atomic E-state index is 13.6. The average Bonchev–Trinajstić information content (AvgIpc) is 2.92. The molecule has 0 bridgehead atoms. The summed E-state index contributed by atoms with van der Waals surface area (Å²) < 4.78 is 39.5. The van der Waals surface area contributed by atoms with E-state index < -0.39 is 10.0 Å². The molecule has 0 spiro atoms. The molecule has 1 heterocycles. The number of nitrogens with one attached hydrogen (secondary N) is 1. The summed E-state index contributed by atoms with van der Waals surface area (Å²) >= 11 is 7.55. The van der Waals surface area contributed by atoms with Gasteiger partial charge < -0.3 is 14.8 Å². The van der Waals surface area contributed by atoms with Crippen LogP contribution in [0.3, 0.4) is 0 Å². The van der Waals surface area contributed by atoms with Crippen LogP contribution in [0, 0.1) is 11.8 Å². The van der Waals surface area contributed by atoms with Crippen LogP contribution in [0.1, 0.15) is 36.2 Å². The number of carbonyl (C=O) groups excluding carboxylic acids is 1. The van der Waals surface area contributed by atoms with Crippen molar-refractivity contribution in [2.45, 2.75) is 41.4 Å². The van der Waals surface area contributed by atoms with Gasteiger partial charge in [0.1, 0.15) is 0 Å². The van der Waals surface area contributed by atoms with Gasteiger partial charge in [0.25, 0.3) is 5.91 Å². The quantitative estimate of drug-likeness (QED) is 0.300. The third-order valence-electron chi connectivity index (χ3n) is 6.84. The lowest BCUT2D eigenvalue weighted by Crippen LogP contribution is -2.42. The van der Waals surface area contributed by atoms with Gasteiger partial charge in [0.2, 0.25) is 10.0 Å². The second-order valence-corrected chi connectivity index (χ2v) is 13.7. The molecule has 3 aromatic rings. The molecule has 1 aliphatic heterocycles. The molecule has 0 aliphatic carbocycles. The molecule has 7 nitrogen and oxygen atoms in total. The van der Waals surface area contributed by atoms with E-state index in [0.717, 1.165) is 16.9 Å². The van der Waals surface area contributed by atoms with Crippen LogP contribution in [-0.2, 0) is 16.4 Å². The molecule has 0 unspecified atom stereocenters. The number of carbonyl (C=O) groups is 1. The van der Waals surface area contributed by atoms with Crippen molar-refractivity contribution < 1.29 is 22.7 Å². The van der Waals surface area contributed by atoms with Gasteiger partial charge in [-0.05, 0) is 78.8 Å². The summed E-state index contributed by atoms with van der Waals surface area (Å²) in [6.45, 7) is 5.44. The van der Waals surface area contributed by atoms with Gasteiger partial charge in [0.05, 0.1) is 24.7 Å². The van der Waals surface area contributed by atoms with Gasteiger partial charge in [-0.3, -0.25) is 4.79 Å². The van der Waals surface area contributed by atoms with Crippen LogP contribution in [0.25, 0.3) is 0 Å². The first-order valence-corrected chi connectivity index (χ1v) is 15.8. The third-order valence-corrected chi connectivity index (χ3v) is 9.97. The molecule has 0 saturated carbocycles. The van der Waals surface area contributed by atoms with Gasteiger partial charge in [-0.2, -0.15) is 4.31 Å². The lowest BCUT2D eigenvalue weighted by molar-refractivity contribution is 0.0951. The van der Waals surface area contributed by atoms with Crippen LogP contribution in [0.4, 0.5) is 0 Å². The highest BCUT2D eigenvalue weighted by Crippen LogP contribution is 2.35. The molecular formula is C30H35ClN2O5S2. The number of sulfonamides is 1. The van der Waals surface area contributed by atoms with E-state index in [1.165, 1.54) is 17.8 Å². The van der Waals surface area contributed by atoms with E-state index in [4.69, 9.17) is 21.1 Å². The maximum Gasteiger partial charge on any atom is 0.252 e. The molecule has 0 radical (unpaired) electrons. The summed E-state index contributed by atoms with van der Waals surface area (Å²) in [6.07, 6.45) is 1.55. The first kappa shape index (κ1) is 30.2. The van der Waals surface area contributed by atoms with Crippen molar-refractivity contribution >= 4 is 39.3 Å². The van der Waals surface area contributed by atoms with Crippen molar-refractivity contribution in [1.82, 2.24) is 9.62 Å². The standard InChI is InChI=1S/C30H35ClN2O5S2/c1-20-14-21(2)19-33(18-20)40(35,36)25-9-11-29(39-24-7-5-6-23(31)16-24)26(17-25)30(34)32-13-12-22-8-10-27(37-3)28(15-22)38-4/h5-11,15-17,20-21H,12-14,18-19H2,1-4H3,(H,32,34)/t20-,21-/m0/s1. The summed E-state index contributed by atoms with van der Waals surface area (Å²) in [5.74, 6) is 1.45. The summed E-state index contributed by atoms with van der Waals surface area (Å²) in [5, 5.41) is 3.55. The zero-order valence-electron chi connectivity index (χ0n) is 23.1. The number of methoxy groups -OCH3 is 2. The Labute approximate surface area is 246 Å². The van der Waals surface area contributed by atoms with Crippen LogP contribution >= 0.6 is 23.4 Å². The Morgan fingerprint density at radius 1 is 1.00 bits per heavy atom. The fourth-order valence-corrected chi connectivity index (χ4v) is 7.94. The van der Waals surface area contributed by atoms with E-state index >= 15 is 0 Å². The molecule has 214 valence electrons. The van der Waals surface area contributed by atoms with Gasteiger partial charge in [-0.25, -0.2) is 8.42 Å². The largest absolute Gasteiger partial charge is 0.493 e. The Balaban J connectivity index is 1.59. The Morgan fingerprint density at radius 3 is 2.40 bits per heavy atom. The highest BCUT2D eigenvalue weighted by Gasteiger charge is 2.32. The van der Waals surface area contributed by atoms with Gasteiger partial charge in [-0.15, -0.1) is 0 Å². The van der Waals surface area contributed by atoms with Gasteiger partial charge in [0, 0.05) is 34.4 Å². The first-order chi connectivity index (χ1) is 19.1. The molecule has 40 heavy (non-hydrogen) atoms. The van der Waals surface area contributed by atoms with E-state index in [9.17, 15) is 13.2 Å². The van der Waals surface area contributed by atoms with E-state index in [0.29, 0.717) is 53.0 Å². The minimum absolute atomic E-state index is 0.120. The van der Waals surface area contributed by atoms with Crippen molar-refractivity contribution in [1.29, 1.82) is 0 Å². The predicted molar refractivity (Wildman–Crippen MR) is 159 cm³/mol. The normalized spacial score (nSPS) is 17.8. The number of piperidine rings is 1. The van der Waals surface area contributed by atoms with Gasteiger partial charge in [-0.1, -0.05) is 49.3 Å². The molecule has 1 N–H and O–H groups in total. The van der Waals surface area contributed by atoms with Crippen LogP contribution in [0.15, 0.2) is 75.4 Å². The zero-order chi connectivity index (χ0) is 28.9. The van der Waals surface area contributed by atoms with Crippen molar-refractivity contribution in [3.8, 4) is 11.5 Å². The average molecular weight is 603 g/mol. The van der Waals surface area contributed by atoms with Crippen molar-refractivity contribution in [2.75, 3.05) is 33.9 Å². The van der Waals surface area contributed by atoms with Crippen LogP contribution in [-0.4, -0.2) is 52.5 Å². The molecular weight excluding hydrogens is 568 g/mol. The Morgan fingerprint density at radius 2 is 1.73 bits per heavy atom. The molecule has 10 heteroatoms. The molecule has 1 amide bonds. The van der Waals surface area contributed by atoms with Crippen LogP contribution in [0.2, 0.25) is 5.02 Å². The fraction of sp³-hybridized carbons (Fsp3) is 0.367. The van der Waals surface area contributed by atoms with Crippen molar-refractivity contribution in [2.24, 2.45) is 11.8 Å². The Kier molecular flexibility index (Phi) is 10.1. The molecule has 1 aliphatic rings. The monoisotopic (exact) mass is 602 g/mol. The first-order valence-electron chi connectivity index (χ1n) is 13.2. The number of hydrogen-bond donors (Lipinski definition) is 1. The third kappa shape index (κ3) is 7.32. The number of amides is 1. The molecule has 2 atom stereocenters. The smallest absolute Gasteiger partial charge is 0.252 e. The molecule has 3 aromatic carbocycles. The lowest BCUT2D eigenvalue weighted by Gasteiger charge is -2.34. The summed E-state index contributed by atoms with van der Waals surface area (Å²) in [4.78, 5) is 15.1. The van der Waals surface area contributed by atoms with Crippen molar-refractivity contribution in [3.05, 3.63) is 76.8 Å². The van der Waals surface area contributed by atoms with Gasteiger partial charge in [0.15, 0.2) is 11.5 Å². The number of rotatable bonds is 10. The van der Waals surface area contributed by atoms with E-state index in [2.05, 4.69) is 19.2 Å². The number of halogens is 1. The predicted octanol–water partition coefficient (Wildman–Crippen LogP) is 6.15. The minimum Gasteiger partial charge on any atom is -0.493 e. The second kappa shape index (κ2) is 13.3. The summed E-state index contributed by atoms with van der Waals surface area (Å²) in [6, 6.07) is 17.7. The van der Waals surface area contributed by atoms with E-state index in [-0.39, 0.29) is 22.6 Å². The summed E-state index contributed by atoms with van der Waals surface area (Å²) in [5.41, 5.74) is 1.27. The number of benzene rings is 3. The molecule has 1 saturated heterocycles. The Hall–Kier alpha value is -2.72. The molecule has 0 aromatic heterocycles. The topological polar surface area (TPSA) is 84.9 Å². The SMILES string of the molecule is COc1ccc(CCNC(=O)c2cc(S(=O)(=O)N3C[C@@H](C)C[C@H](C)C3)ccc2Sc2cccc(Cl)c2)cc1OC. The number of nitrogens with zero attached hydrogens (tertiary/aromatic N) is 1. The zero-order valence-corrected chi connectivity index (χ0v) is 25.5. The minimum atomic E-state index is -3.76. The molecule has 4 rings (SSSR count). The van der Waals surface area contributed by atoms with Crippen LogP contribution in [0.5, 0.6) is 11.5 Å². The van der Waals surface area contributed by atoms with Crippen molar-refractivity contribution in [3.63, 3.8) is 0 Å². The lowest BCUT2D eigenvalue weighted by atomic mass is 9.94. The highest BCUT2D eigenvalue weighted by atomic mass is 35.5. The highest BCUT2D eigenvalue weighted by molar-refractivity contribution is 7.99. The number of hydrogen-bond acceptors (Lipinski definition) is 6. The van der Waals surface area contributed by atoms with Crippen LogP contribution < -0.4 is 14.8 Å². The number of ether oxygens (including phenoxy) is 2. The summed E-state index contributed by atoms with van der Waals surface area (Å²) in [7, 11) is -0.602. The Bertz CT molecular complexity index is 1450. The van der Waals surface area contributed by atoms with Gasteiger partial charge >= 0.3 is 0 Å². The second-order valence-electron chi connectivity index (χ2n) is 10.2.